The lowest BCUT2D eigenvalue weighted by atomic mass is 10.0. The summed E-state index contributed by atoms with van der Waals surface area (Å²) in [6.45, 7) is 0. The van der Waals surface area contributed by atoms with Crippen molar-refractivity contribution in [2.45, 2.75) is 6.42 Å². The van der Waals surface area contributed by atoms with E-state index in [-0.39, 0.29) is 0 Å². The summed E-state index contributed by atoms with van der Waals surface area (Å²) in [5.41, 5.74) is 2.26. The molecular weight excluding hydrogens is 251 g/mol. The van der Waals surface area contributed by atoms with Crippen LogP contribution in [0.25, 0.3) is 0 Å². The highest BCUT2D eigenvalue weighted by molar-refractivity contribution is 7.28. The first-order valence-corrected chi connectivity index (χ1v) is 6.32. The van der Waals surface area contributed by atoms with E-state index in [0.717, 1.165) is 33.6 Å². The number of para-hydroxylation sites is 1. The fourth-order valence-electron chi connectivity index (χ4n) is 1.79. The van der Waals surface area contributed by atoms with Crippen LogP contribution in [-0.2, 0) is 6.42 Å². The van der Waals surface area contributed by atoms with Crippen LogP contribution in [0, 0.1) is 0 Å². The minimum Gasteiger partial charge on any atom is -0.496 e. The minimum atomic E-state index is 0.783. The van der Waals surface area contributed by atoms with E-state index >= 15 is 0 Å². The largest absolute Gasteiger partial charge is 0.496 e. The van der Waals surface area contributed by atoms with E-state index < -0.39 is 0 Å². The third kappa shape index (κ3) is 2.80. The quantitative estimate of drug-likeness (QED) is 0.772. The van der Waals surface area contributed by atoms with Crippen LogP contribution in [0.15, 0.2) is 42.5 Å². The lowest BCUT2D eigenvalue weighted by Crippen LogP contribution is -1.99. The SMILES string of the molecule is COc1ccccc1Cc1cccc(P)c1Cl. The standard InChI is InChI=1S/C14H14ClOP/c1-16-12-7-3-2-5-10(12)9-11-6-4-8-13(17)14(11)15/h2-8H,9,17H2,1H3. The summed E-state index contributed by atoms with van der Waals surface area (Å²) in [4.78, 5) is 0. The zero-order valence-electron chi connectivity index (χ0n) is 9.61. The smallest absolute Gasteiger partial charge is 0.122 e. The van der Waals surface area contributed by atoms with Crippen molar-refractivity contribution in [1.82, 2.24) is 0 Å². The van der Waals surface area contributed by atoms with Crippen LogP contribution >= 0.6 is 20.8 Å². The highest BCUT2D eigenvalue weighted by Gasteiger charge is 2.07. The fourth-order valence-corrected chi connectivity index (χ4v) is 2.28. The monoisotopic (exact) mass is 264 g/mol. The summed E-state index contributed by atoms with van der Waals surface area (Å²) < 4.78 is 5.34. The van der Waals surface area contributed by atoms with Gasteiger partial charge < -0.3 is 4.74 Å². The molecule has 2 aromatic carbocycles. The number of ether oxygens (including phenoxy) is 1. The van der Waals surface area contributed by atoms with Gasteiger partial charge in [0.05, 0.1) is 12.1 Å². The lowest BCUT2D eigenvalue weighted by Gasteiger charge is -2.10. The Balaban J connectivity index is 2.35. The summed E-state index contributed by atoms with van der Waals surface area (Å²) in [5, 5.41) is 1.84. The van der Waals surface area contributed by atoms with Gasteiger partial charge in [-0.05, 0) is 22.5 Å². The molecule has 0 N–H and O–H groups in total. The van der Waals surface area contributed by atoms with Crippen LogP contribution in [0.3, 0.4) is 0 Å². The van der Waals surface area contributed by atoms with Gasteiger partial charge in [-0.25, -0.2) is 0 Å². The van der Waals surface area contributed by atoms with E-state index in [1.807, 2.05) is 36.4 Å². The Morgan fingerprint density at radius 1 is 1.06 bits per heavy atom. The van der Waals surface area contributed by atoms with E-state index in [2.05, 4.69) is 15.3 Å². The van der Waals surface area contributed by atoms with Gasteiger partial charge in [-0.3, -0.25) is 0 Å². The number of halogens is 1. The van der Waals surface area contributed by atoms with Gasteiger partial charge in [-0.2, -0.15) is 0 Å². The van der Waals surface area contributed by atoms with E-state index in [1.165, 1.54) is 0 Å². The van der Waals surface area contributed by atoms with Crippen LogP contribution in [0.4, 0.5) is 0 Å². The van der Waals surface area contributed by atoms with Crippen molar-refractivity contribution in [2.75, 3.05) is 7.11 Å². The molecule has 0 aliphatic carbocycles. The summed E-state index contributed by atoms with van der Waals surface area (Å²) in [5.74, 6) is 0.901. The molecule has 0 aliphatic heterocycles. The molecule has 1 nitrogen and oxygen atoms in total. The van der Waals surface area contributed by atoms with E-state index in [4.69, 9.17) is 16.3 Å². The first-order valence-electron chi connectivity index (χ1n) is 5.37. The maximum absolute atomic E-state index is 6.28. The first-order chi connectivity index (χ1) is 8.22. The molecule has 0 radical (unpaired) electrons. The van der Waals surface area contributed by atoms with Crippen LogP contribution in [0.5, 0.6) is 5.75 Å². The number of hydrogen-bond donors (Lipinski definition) is 0. The summed E-state index contributed by atoms with van der Waals surface area (Å²) in [6.07, 6.45) is 0.783. The Kier molecular flexibility index (Phi) is 4.04. The molecular formula is C14H14ClOP. The van der Waals surface area contributed by atoms with Crippen molar-refractivity contribution < 1.29 is 4.74 Å². The molecule has 2 aromatic rings. The maximum Gasteiger partial charge on any atom is 0.122 e. The van der Waals surface area contributed by atoms with Crippen molar-refractivity contribution in [2.24, 2.45) is 0 Å². The minimum absolute atomic E-state index is 0.783. The third-order valence-electron chi connectivity index (χ3n) is 2.68. The van der Waals surface area contributed by atoms with Gasteiger partial charge >= 0.3 is 0 Å². The van der Waals surface area contributed by atoms with Gasteiger partial charge in [-0.1, -0.05) is 48.0 Å². The maximum atomic E-state index is 6.28. The second kappa shape index (κ2) is 5.53. The highest BCUT2D eigenvalue weighted by Crippen LogP contribution is 2.24. The molecule has 0 bridgehead atoms. The number of methoxy groups -OCH3 is 1. The Hall–Kier alpha value is -1.04. The normalized spacial score (nSPS) is 10.3. The average Bonchev–Trinajstić information content (AvgIpc) is 2.35. The molecule has 17 heavy (non-hydrogen) atoms. The van der Waals surface area contributed by atoms with Gasteiger partial charge in [0, 0.05) is 6.42 Å². The molecule has 3 heteroatoms. The molecule has 0 aromatic heterocycles. The van der Waals surface area contributed by atoms with Crippen molar-refractivity contribution in [3.8, 4) is 5.75 Å². The van der Waals surface area contributed by atoms with Gasteiger partial charge in [-0.15, -0.1) is 9.24 Å². The predicted octanol–water partition coefficient (Wildman–Crippen LogP) is 3.44. The van der Waals surface area contributed by atoms with Gasteiger partial charge in [0.1, 0.15) is 5.75 Å². The summed E-state index contributed by atoms with van der Waals surface area (Å²) in [6, 6.07) is 14.0. The molecule has 0 heterocycles. The Labute approximate surface area is 109 Å². The van der Waals surface area contributed by atoms with E-state index in [0.29, 0.717) is 0 Å². The van der Waals surface area contributed by atoms with Crippen LogP contribution < -0.4 is 10.0 Å². The summed E-state index contributed by atoms with van der Waals surface area (Å²) >= 11 is 6.28. The molecule has 88 valence electrons. The second-order valence-corrected chi connectivity index (χ2v) is 4.81. The molecule has 0 spiro atoms. The zero-order valence-corrected chi connectivity index (χ0v) is 11.5. The molecule has 1 atom stereocenters. The first kappa shape index (κ1) is 12.4. The van der Waals surface area contributed by atoms with Crippen LogP contribution in [0.1, 0.15) is 11.1 Å². The van der Waals surface area contributed by atoms with Crippen molar-refractivity contribution >= 4 is 26.1 Å². The average molecular weight is 265 g/mol. The van der Waals surface area contributed by atoms with Crippen molar-refractivity contribution in [3.05, 3.63) is 58.6 Å². The second-order valence-electron chi connectivity index (χ2n) is 3.81. The van der Waals surface area contributed by atoms with E-state index in [9.17, 15) is 0 Å². The Bertz CT molecular complexity index is 525. The molecule has 0 amide bonds. The van der Waals surface area contributed by atoms with Crippen molar-refractivity contribution in [3.63, 3.8) is 0 Å². The van der Waals surface area contributed by atoms with Gasteiger partial charge in [0.2, 0.25) is 0 Å². The van der Waals surface area contributed by atoms with Gasteiger partial charge in [0.15, 0.2) is 0 Å². The van der Waals surface area contributed by atoms with Gasteiger partial charge in [0.25, 0.3) is 0 Å². The Morgan fingerprint density at radius 2 is 1.76 bits per heavy atom. The van der Waals surface area contributed by atoms with Crippen molar-refractivity contribution in [1.29, 1.82) is 0 Å². The number of rotatable bonds is 3. The number of benzene rings is 2. The zero-order chi connectivity index (χ0) is 12.3. The molecule has 0 saturated heterocycles. The van der Waals surface area contributed by atoms with E-state index in [1.54, 1.807) is 7.11 Å². The van der Waals surface area contributed by atoms with Crippen LogP contribution in [0.2, 0.25) is 5.02 Å². The molecule has 2 rings (SSSR count). The molecule has 1 unspecified atom stereocenters. The topological polar surface area (TPSA) is 9.23 Å². The Morgan fingerprint density at radius 3 is 2.53 bits per heavy atom. The summed E-state index contributed by atoms with van der Waals surface area (Å²) in [7, 11) is 4.34. The predicted molar refractivity (Wildman–Crippen MR) is 76.6 cm³/mol. The fraction of sp³-hybridized carbons (Fsp3) is 0.143. The van der Waals surface area contributed by atoms with Crippen LogP contribution in [-0.4, -0.2) is 7.11 Å². The molecule has 0 aliphatic rings. The lowest BCUT2D eigenvalue weighted by molar-refractivity contribution is 0.410. The highest BCUT2D eigenvalue weighted by atomic mass is 35.5. The molecule has 0 fully saturated rings. The third-order valence-corrected chi connectivity index (χ3v) is 3.81. The molecule has 0 saturated carbocycles. The number of hydrogen-bond acceptors (Lipinski definition) is 1.